The van der Waals surface area contributed by atoms with Crippen molar-refractivity contribution in [2.75, 3.05) is 24.5 Å². The SMILES string of the molecule is O=C(O)N1CCN(c2cc(Cl)nc(Cl)n2)CC1Cc1ccccc1. The van der Waals surface area contributed by atoms with E-state index in [0.717, 1.165) is 5.56 Å². The molecule has 0 aliphatic carbocycles. The van der Waals surface area contributed by atoms with E-state index in [4.69, 9.17) is 23.2 Å². The van der Waals surface area contributed by atoms with Gasteiger partial charge in [-0.2, -0.15) is 0 Å². The van der Waals surface area contributed by atoms with Crippen LogP contribution in [0.4, 0.5) is 10.6 Å². The van der Waals surface area contributed by atoms with Gasteiger partial charge in [-0.15, -0.1) is 0 Å². The average molecular weight is 367 g/mol. The Balaban J connectivity index is 1.82. The summed E-state index contributed by atoms with van der Waals surface area (Å²) in [7, 11) is 0. The van der Waals surface area contributed by atoms with Crippen LogP contribution < -0.4 is 4.90 Å². The lowest BCUT2D eigenvalue weighted by Gasteiger charge is -2.40. The zero-order chi connectivity index (χ0) is 17.1. The van der Waals surface area contributed by atoms with Gasteiger partial charge in [0.15, 0.2) is 0 Å². The number of piperazine rings is 1. The van der Waals surface area contributed by atoms with Crippen LogP contribution in [0.25, 0.3) is 0 Å². The maximum absolute atomic E-state index is 11.5. The zero-order valence-corrected chi connectivity index (χ0v) is 14.3. The summed E-state index contributed by atoms with van der Waals surface area (Å²) in [6, 6.07) is 11.3. The number of aromatic nitrogens is 2. The summed E-state index contributed by atoms with van der Waals surface area (Å²) in [5, 5.41) is 9.82. The topological polar surface area (TPSA) is 69.6 Å². The summed E-state index contributed by atoms with van der Waals surface area (Å²) in [4.78, 5) is 23.1. The molecule has 1 unspecified atom stereocenters. The number of amides is 1. The van der Waals surface area contributed by atoms with Crippen LogP contribution in [0.1, 0.15) is 5.56 Å². The normalized spacial score (nSPS) is 17.8. The van der Waals surface area contributed by atoms with E-state index in [1.807, 2.05) is 35.2 Å². The van der Waals surface area contributed by atoms with Crippen LogP contribution >= 0.6 is 23.2 Å². The van der Waals surface area contributed by atoms with E-state index in [1.165, 1.54) is 4.90 Å². The lowest BCUT2D eigenvalue weighted by atomic mass is 10.0. The van der Waals surface area contributed by atoms with Gasteiger partial charge in [0.25, 0.3) is 0 Å². The highest BCUT2D eigenvalue weighted by Gasteiger charge is 2.31. The number of hydrogen-bond donors (Lipinski definition) is 1. The summed E-state index contributed by atoms with van der Waals surface area (Å²) in [5.41, 5.74) is 1.09. The van der Waals surface area contributed by atoms with Gasteiger partial charge in [-0.1, -0.05) is 41.9 Å². The minimum atomic E-state index is -0.908. The summed E-state index contributed by atoms with van der Waals surface area (Å²) in [5.74, 6) is 0.614. The van der Waals surface area contributed by atoms with Crippen LogP contribution in [0.2, 0.25) is 10.4 Å². The third kappa shape index (κ3) is 3.88. The van der Waals surface area contributed by atoms with E-state index < -0.39 is 6.09 Å². The van der Waals surface area contributed by atoms with Gasteiger partial charge < -0.3 is 14.9 Å². The Hall–Kier alpha value is -2.05. The van der Waals surface area contributed by atoms with Crippen LogP contribution in [0, 0.1) is 0 Å². The fourth-order valence-corrected chi connectivity index (χ4v) is 3.32. The van der Waals surface area contributed by atoms with Gasteiger partial charge >= 0.3 is 6.09 Å². The van der Waals surface area contributed by atoms with Crippen molar-refractivity contribution in [3.63, 3.8) is 0 Å². The largest absolute Gasteiger partial charge is 0.465 e. The lowest BCUT2D eigenvalue weighted by molar-refractivity contribution is 0.117. The molecule has 1 aliphatic heterocycles. The summed E-state index contributed by atoms with van der Waals surface area (Å²) >= 11 is 11.8. The molecular formula is C16H16Cl2N4O2. The van der Waals surface area contributed by atoms with E-state index in [0.29, 0.717) is 31.9 Å². The van der Waals surface area contributed by atoms with E-state index in [9.17, 15) is 9.90 Å². The van der Waals surface area contributed by atoms with Crippen LogP contribution in [0.3, 0.4) is 0 Å². The molecule has 0 spiro atoms. The van der Waals surface area contributed by atoms with Crippen molar-refractivity contribution in [3.05, 3.63) is 52.4 Å². The third-order valence-electron chi connectivity index (χ3n) is 4.02. The van der Waals surface area contributed by atoms with Crippen molar-refractivity contribution in [2.45, 2.75) is 12.5 Å². The Morgan fingerprint density at radius 2 is 1.96 bits per heavy atom. The van der Waals surface area contributed by atoms with Gasteiger partial charge in [0.1, 0.15) is 11.0 Å². The Morgan fingerprint density at radius 3 is 2.62 bits per heavy atom. The number of anilines is 1. The number of benzene rings is 1. The third-order valence-corrected chi connectivity index (χ3v) is 4.38. The predicted octanol–water partition coefficient (Wildman–Crippen LogP) is 3.19. The molecule has 1 aromatic carbocycles. The molecule has 1 fully saturated rings. The average Bonchev–Trinajstić information content (AvgIpc) is 2.54. The van der Waals surface area contributed by atoms with Crippen LogP contribution in [-0.4, -0.2) is 51.7 Å². The number of nitrogens with zero attached hydrogens (tertiary/aromatic N) is 4. The van der Waals surface area contributed by atoms with Crippen molar-refractivity contribution in [1.29, 1.82) is 0 Å². The fraction of sp³-hybridized carbons (Fsp3) is 0.312. The molecule has 2 aromatic rings. The van der Waals surface area contributed by atoms with Gasteiger partial charge in [-0.25, -0.2) is 14.8 Å². The van der Waals surface area contributed by atoms with Crippen LogP contribution in [-0.2, 0) is 6.42 Å². The molecular weight excluding hydrogens is 351 g/mol. The Kier molecular flexibility index (Phi) is 5.06. The molecule has 1 aromatic heterocycles. The lowest BCUT2D eigenvalue weighted by Crippen LogP contribution is -2.56. The van der Waals surface area contributed by atoms with E-state index >= 15 is 0 Å². The quantitative estimate of drug-likeness (QED) is 0.667. The van der Waals surface area contributed by atoms with Crippen molar-refractivity contribution < 1.29 is 9.90 Å². The van der Waals surface area contributed by atoms with Crippen LogP contribution in [0.5, 0.6) is 0 Å². The van der Waals surface area contributed by atoms with E-state index in [-0.39, 0.29) is 16.5 Å². The van der Waals surface area contributed by atoms with Gasteiger partial charge in [0.05, 0.1) is 6.04 Å². The monoisotopic (exact) mass is 366 g/mol. The second kappa shape index (κ2) is 7.23. The van der Waals surface area contributed by atoms with Crippen molar-refractivity contribution in [3.8, 4) is 0 Å². The van der Waals surface area contributed by atoms with E-state index in [1.54, 1.807) is 6.07 Å². The first kappa shape index (κ1) is 16.8. The molecule has 1 atom stereocenters. The summed E-state index contributed by atoms with van der Waals surface area (Å²) in [6.45, 7) is 1.44. The first-order valence-corrected chi connectivity index (χ1v) is 8.27. The smallest absolute Gasteiger partial charge is 0.407 e. The molecule has 24 heavy (non-hydrogen) atoms. The van der Waals surface area contributed by atoms with E-state index in [2.05, 4.69) is 9.97 Å². The zero-order valence-electron chi connectivity index (χ0n) is 12.8. The molecule has 3 rings (SSSR count). The molecule has 0 saturated carbocycles. The number of rotatable bonds is 3. The van der Waals surface area contributed by atoms with Crippen LogP contribution in [0.15, 0.2) is 36.4 Å². The number of carbonyl (C=O) groups is 1. The number of carboxylic acid groups (broad SMARTS) is 1. The minimum Gasteiger partial charge on any atom is -0.465 e. The fourth-order valence-electron chi connectivity index (χ4n) is 2.92. The summed E-state index contributed by atoms with van der Waals surface area (Å²) < 4.78 is 0. The van der Waals surface area contributed by atoms with Crippen molar-refractivity contribution >= 4 is 35.1 Å². The van der Waals surface area contributed by atoms with Gasteiger partial charge in [0.2, 0.25) is 5.28 Å². The number of halogens is 2. The summed E-state index contributed by atoms with van der Waals surface area (Å²) in [6.07, 6.45) is -0.273. The van der Waals surface area contributed by atoms with Gasteiger partial charge in [-0.05, 0) is 23.6 Å². The maximum Gasteiger partial charge on any atom is 0.407 e. The highest BCUT2D eigenvalue weighted by atomic mass is 35.5. The molecule has 6 nitrogen and oxygen atoms in total. The first-order chi connectivity index (χ1) is 11.5. The molecule has 2 heterocycles. The Bertz CT molecular complexity index is 709. The second-order valence-corrected chi connectivity index (χ2v) is 6.31. The molecule has 0 bridgehead atoms. The first-order valence-electron chi connectivity index (χ1n) is 7.51. The molecule has 0 radical (unpaired) electrons. The minimum absolute atomic E-state index is 0.0813. The highest BCUT2D eigenvalue weighted by Crippen LogP contribution is 2.23. The van der Waals surface area contributed by atoms with Gasteiger partial charge in [-0.3, -0.25) is 0 Å². The second-order valence-electron chi connectivity index (χ2n) is 5.58. The molecule has 1 saturated heterocycles. The Morgan fingerprint density at radius 1 is 1.21 bits per heavy atom. The molecule has 126 valence electrons. The highest BCUT2D eigenvalue weighted by molar-refractivity contribution is 6.32. The maximum atomic E-state index is 11.5. The molecule has 1 aliphatic rings. The van der Waals surface area contributed by atoms with Crippen molar-refractivity contribution in [2.24, 2.45) is 0 Å². The standard InChI is InChI=1S/C16H16Cl2N4O2/c17-13-9-14(20-15(18)19-13)21-6-7-22(16(23)24)12(10-21)8-11-4-2-1-3-5-11/h1-5,9,12H,6-8,10H2,(H,23,24). The van der Waals surface area contributed by atoms with Crippen molar-refractivity contribution in [1.82, 2.24) is 14.9 Å². The molecule has 1 N–H and O–H groups in total. The molecule has 1 amide bonds. The van der Waals surface area contributed by atoms with Gasteiger partial charge in [0, 0.05) is 25.7 Å². The number of hydrogen-bond acceptors (Lipinski definition) is 4. The molecule has 8 heteroatoms. The predicted molar refractivity (Wildman–Crippen MR) is 92.9 cm³/mol. The Labute approximate surface area is 149 Å².